The fraction of sp³-hybridized carbons (Fsp3) is 0.714. The summed E-state index contributed by atoms with van der Waals surface area (Å²) in [6.07, 6.45) is 7.72. The average molecular weight is 395 g/mol. The molecule has 0 saturated heterocycles. The van der Waals surface area contributed by atoms with E-state index in [1.54, 1.807) is 7.11 Å². The van der Waals surface area contributed by atoms with Crippen molar-refractivity contribution in [3.63, 3.8) is 0 Å². The largest absolute Gasteiger partial charge is 0.370 e. The maximum atomic E-state index is 6.26. The highest BCUT2D eigenvalue weighted by Gasteiger charge is 2.36. The van der Waals surface area contributed by atoms with Crippen LogP contribution in [-0.4, -0.2) is 17.1 Å². The predicted octanol–water partition coefficient (Wildman–Crippen LogP) is 4.49. The molecule has 1 fully saturated rings. The Bertz CT molecular complexity index is 445. The second kappa shape index (κ2) is 6.68. The third-order valence-electron chi connectivity index (χ3n) is 3.92. The van der Waals surface area contributed by atoms with Gasteiger partial charge in [0.1, 0.15) is 10.8 Å². The highest BCUT2D eigenvalue weighted by molar-refractivity contribution is 14.1. The Labute approximate surface area is 133 Å². The third-order valence-corrected chi connectivity index (χ3v) is 5.65. The highest BCUT2D eigenvalue weighted by atomic mass is 127. The third kappa shape index (κ3) is 3.22. The molecule has 0 spiro atoms. The number of hydrogen-bond donors (Lipinski definition) is 0. The van der Waals surface area contributed by atoms with Gasteiger partial charge in [0.05, 0.1) is 9.26 Å². The maximum absolute atomic E-state index is 6.26. The van der Waals surface area contributed by atoms with Gasteiger partial charge in [0.15, 0.2) is 5.82 Å². The molecule has 5 heteroatoms. The van der Waals surface area contributed by atoms with Crippen LogP contribution in [0.25, 0.3) is 0 Å². The molecule has 0 bridgehead atoms. The fourth-order valence-electron chi connectivity index (χ4n) is 2.72. The second-order valence-corrected chi connectivity index (χ2v) is 6.50. The lowest BCUT2D eigenvalue weighted by molar-refractivity contribution is -0.0353. The van der Waals surface area contributed by atoms with E-state index >= 15 is 0 Å². The van der Waals surface area contributed by atoms with Gasteiger partial charge in [-0.15, -0.1) is 0 Å². The van der Waals surface area contributed by atoms with Gasteiger partial charge in [-0.3, -0.25) is 0 Å². The molecular weight excluding hydrogens is 375 g/mol. The molecule has 0 unspecified atom stereocenters. The van der Waals surface area contributed by atoms with Gasteiger partial charge in [-0.2, -0.15) is 0 Å². The lowest BCUT2D eigenvalue weighted by Crippen LogP contribution is -2.31. The smallest absolute Gasteiger partial charge is 0.162 e. The molecular formula is C14H20ClIN2O. The summed E-state index contributed by atoms with van der Waals surface area (Å²) in [5.41, 5.74) is 0.685. The summed E-state index contributed by atoms with van der Waals surface area (Å²) in [6.45, 7) is 2.09. The van der Waals surface area contributed by atoms with Gasteiger partial charge in [0.25, 0.3) is 0 Å². The van der Waals surface area contributed by atoms with Gasteiger partial charge < -0.3 is 4.74 Å². The van der Waals surface area contributed by atoms with Crippen LogP contribution in [0.15, 0.2) is 0 Å². The van der Waals surface area contributed by atoms with Gasteiger partial charge in [-0.05, 0) is 41.9 Å². The van der Waals surface area contributed by atoms with Crippen molar-refractivity contribution in [3.8, 4) is 0 Å². The van der Waals surface area contributed by atoms with Crippen LogP contribution < -0.4 is 0 Å². The van der Waals surface area contributed by atoms with Crippen molar-refractivity contribution in [1.29, 1.82) is 0 Å². The number of rotatable bonds is 3. The first-order valence-corrected chi connectivity index (χ1v) is 8.36. The molecule has 1 aliphatic carbocycles. The Morgan fingerprint density at radius 2 is 1.84 bits per heavy atom. The van der Waals surface area contributed by atoms with Crippen molar-refractivity contribution in [2.45, 2.75) is 57.5 Å². The SMILES string of the molecule is CCc1nc(C2(OC)CCCCCC2)nc(Cl)c1I. The van der Waals surface area contributed by atoms with Crippen LogP contribution in [0, 0.1) is 3.57 Å². The number of hydrogen-bond acceptors (Lipinski definition) is 3. The van der Waals surface area contributed by atoms with E-state index in [0.717, 1.165) is 34.4 Å². The molecule has 1 saturated carbocycles. The number of ether oxygens (including phenoxy) is 1. The van der Waals surface area contributed by atoms with E-state index in [4.69, 9.17) is 21.3 Å². The van der Waals surface area contributed by atoms with Crippen molar-refractivity contribution in [2.24, 2.45) is 0 Å². The molecule has 1 heterocycles. The minimum Gasteiger partial charge on any atom is -0.370 e. The summed E-state index contributed by atoms with van der Waals surface area (Å²) >= 11 is 8.48. The standard InChI is InChI=1S/C14H20ClIN2O/c1-3-10-11(16)12(15)18-13(17-10)14(19-2)8-6-4-5-7-9-14/h3-9H2,1-2H3. The summed E-state index contributed by atoms with van der Waals surface area (Å²) in [7, 11) is 1.77. The second-order valence-electron chi connectivity index (χ2n) is 5.06. The van der Waals surface area contributed by atoms with Crippen LogP contribution in [0.1, 0.15) is 57.0 Å². The average Bonchev–Trinajstić information content (AvgIpc) is 2.68. The maximum Gasteiger partial charge on any atom is 0.162 e. The van der Waals surface area contributed by atoms with Crippen molar-refractivity contribution in [2.75, 3.05) is 7.11 Å². The summed E-state index contributed by atoms with van der Waals surface area (Å²) in [5, 5.41) is 0.558. The molecule has 1 aromatic rings. The van der Waals surface area contributed by atoms with E-state index in [2.05, 4.69) is 34.5 Å². The van der Waals surface area contributed by atoms with Gasteiger partial charge in [0, 0.05) is 7.11 Å². The summed E-state index contributed by atoms with van der Waals surface area (Å²) < 4.78 is 6.82. The number of methoxy groups -OCH3 is 1. The number of halogens is 2. The van der Waals surface area contributed by atoms with Crippen LogP contribution in [-0.2, 0) is 16.8 Å². The lowest BCUT2D eigenvalue weighted by atomic mass is 9.93. The first-order chi connectivity index (χ1) is 9.13. The van der Waals surface area contributed by atoms with Crippen LogP contribution in [0.3, 0.4) is 0 Å². The normalized spacial score (nSPS) is 19.2. The predicted molar refractivity (Wildman–Crippen MR) is 85.5 cm³/mol. The molecule has 0 radical (unpaired) electrons. The van der Waals surface area contributed by atoms with E-state index in [9.17, 15) is 0 Å². The van der Waals surface area contributed by atoms with Crippen molar-refractivity contribution in [3.05, 3.63) is 20.2 Å². The van der Waals surface area contributed by atoms with Gasteiger partial charge in [-0.1, -0.05) is 44.2 Å². The van der Waals surface area contributed by atoms with E-state index < -0.39 is 0 Å². The minimum atomic E-state index is -0.339. The summed E-state index contributed by atoms with van der Waals surface area (Å²) in [5.74, 6) is 0.777. The Morgan fingerprint density at radius 1 is 1.21 bits per heavy atom. The van der Waals surface area contributed by atoms with Crippen molar-refractivity contribution < 1.29 is 4.74 Å². The number of aromatic nitrogens is 2. The Hall–Kier alpha value is 0.0600. The van der Waals surface area contributed by atoms with Gasteiger partial charge in [-0.25, -0.2) is 9.97 Å². The molecule has 0 aromatic carbocycles. The fourth-order valence-corrected chi connectivity index (χ4v) is 3.53. The lowest BCUT2D eigenvalue weighted by Gasteiger charge is -2.30. The van der Waals surface area contributed by atoms with Crippen molar-refractivity contribution >= 4 is 34.2 Å². The molecule has 2 rings (SSSR count). The Balaban J connectivity index is 2.45. The topological polar surface area (TPSA) is 35.0 Å². The van der Waals surface area contributed by atoms with Crippen molar-refractivity contribution in [1.82, 2.24) is 9.97 Å². The first-order valence-electron chi connectivity index (χ1n) is 6.90. The monoisotopic (exact) mass is 394 g/mol. The number of nitrogens with zero attached hydrogens (tertiary/aromatic N) is 2. The van der Waals surface area contributed by atoms with E-state index in [1.807, 2.05) is 0 Å². The van der Waals surface area contributed by atoms with E-state index in [1.165, 1.54) is 25.7 Å². The Morgan fingerprint density at radius 3 is 2.37 bits per heavy atom. The molecule has 106 valence electrons. The van der Waals surface area contributed by atoms with Gasteiger partial charge in [0.2, 0.25) is 0 Å². The van der Waals surface area contributed by atoms with Crippen LogP contribution >= 0.6 is 34.2 Å². The minimum absolute atomic E-state index is 0.339. The molecule has 19 heavy (non-hydrogen) atoms. The molecule has 0 N–H and O–H groups in total. The molecule has 0 atom stereocenters. The Kier molecular flexibility index (Phi) is 5.43. The summed E-state index contributed by atoms with van der Waals surface area (Å²) in [6, 6.07) is 0. The summed E-state index contributed by atoms with van der Waals surface area (Å²) in [4.78, 5) is 9.24. The molecule has 3 nitrogen and oxygen atoms in total. The highest BCUT2D eigenvalue weighted by Crippen LogP contribution is 2.38. The first kappa shape index (κ1) is 15.4. The zero-order valence-electron chi connectivity index (χ0n) is 11.5. The zero-order valence-corrected chi connectivity index (χ0v) is 14.4. The van der Waals surface area contributed by atoms with Crippen LogP contribution in [0.5, 0.6) is 0 Å². The van der Waals surface area contributed by atoms with Crippen LogP contribution in [0.2, 0.25) is 5.15 Å². The van der Waals surface area contributed by atoms with Crippen LogP contribution in [0.4, 0.5) is 0 Å². The zero-order chi connectivity index (χ0) is 13.9. The molecule has 1 aromatic heterocycles. The van der Waals surface area contributed by atoms with E-state index in [0.29, 0.717) is 5.15 Å². The molecule has 1 aliphatic rings. The van der Waals surface area contributed by atoms with Gasteiger partial charge >= 0.3 is 0 Å². The quantitative estimate of drug-likeness (QED) is 0.430. The van der Waals surface area contributed by atoms with E-state index in [-0.39, 0.29) is 5.60 Å². The molecule has 0 aliphatic heterocycles. The number of aryl methyl sites for hydroxylation is 1. The molecule has 0 amide bonds.